The van der Waals surface area contributed by atoms with Gasteiger partial charge in [-0.3, -0.25) is 4.79 Å². The molecule has 0 saturated carbocycles. The zero-order chi connectivity index (χ0) is 14.1. The third-order valence-electron chi connectivity index (χ3n) is 3.77. The molecule has 20 heavy (non-hydrogen) atoms. The Hall–Kier alpha value is -2.09. The first-order chi connectivity index (χ1) is 9.63. The number of fused-ring (bicyclic) bond motifs is 1. The Bertz CT molecular complexity index is 656. The van der Waals surface area contributed by atoms with Crippen molar-refractivity contribution in [2.45, 2.75) is 32.6 Å². The molecular weight excluding hydrogens is 248 g/mol. The summed E-state index contributed by atoms with van der Waals surface area (Å²) in [4.78, 5) is 11.3. The third kappa shape index (κ3) is 2.46. The number of esters is 1. The van der Waals surface area contributed by atoms with Gasteiger partial charge in [-0.1, -0.05) is 44.2 Å². The minimum Gasteiger partial charge on any atom is -0.426 e. The maximum absolute atomic E-state index is 11.3. The first kappa shape index (κ1) is 12.9. The molecule has 0 aromatic heterocycles. The van der Waals surface area contributed by atoms with E-state index >= 15 is 0 Å². The predicted molar refractivity (Wildman–Crippen MR) is 79.9 cm³/mol. The van der Waals surface area contributed by atoms with E-state index in [1.54, 1.807) is 0 Å². The molecule has 0 unspecified atom stereocenters. The Labute approximate surface area is 119 Å². The van der Waals surface area contributed by atoms with E-state index in [0.717, 1.165) is 12.0 Å². The van der Waals surface area contributed by atoms with Gasteiger partial charge in [-0.05, 0) is 46.7 Å². The van der Waals surface area contributed by atoms with Crippen molar-refractivity contribution in [1.82, 2.24) is 0 Å². The highest BCUT2D eigenvalue weighted by Crippen LogP contribution is 2.31. The lowest BCUT2D eigenvalue weighted by molar-refractivity contribution is -0.135. The van der Waals surface area contributed by atoms with Crippen LogP contribution in [0.3, 0.4) is 0 Å². The summed E-state index contributed by atoms with van der Waals surface area (Å²) in [7, 11) is 0. The third-order valence-corrected chi connectivity index (χ3v) is 3.77. The Kier molecular flexibility index (Phi) is 3.31. The van der Waals surface area contributed by atoms with Gasteiger partial charge in [0, 0.05) is 0 Å². The van der Waals surface area contributed by atoms with Gasteiger partial charge in [0.1, 0.15) is 5.75 Å². The summed E-state index contributed by atoms with van der Waals surface area (Å²) in [5.74, 6) is 1.10. The molecule has 0 amide bonds. The van der Waals surface area contributed by atoms with Gasteiger partial charge >= 0.3 is 5.97 Å². The van der Waals surface area contributed by atoms with Crippen molar-refractivity contribution in [3.63, 3.8) is 0 Å². The number of hydrogen-bond acceptors (Lipinski definition) is 2. The van der Waals surface area contributed by atoms with Crippen molar-refractivity contribution in [3.8, 4) is 16.9 Å². The van der Waals surface area contributed by atoms with Gasteiger partial charge in [-0.15, -0.1) is 0 Å². The van der Waals surface area contributed by atoms with Crippen LogP contribution in [0.5, 0.6) is 5.75 Å². The number of rotatable bonds is 2. The summed E-state index contributed by atoms with van der Waals surface area (Å²) in [5, 5.41) is 0. The van der Waals surface area contributed by atoms with Crippen LogP contribution in [0, 0.1) is 0 Å². The molecule has 1 aliphatic heterocycles. The summed E-state index contributed by atoms with van der Waals surface area (Å²) in [6.45, 7) is 4.40. The topological polar surface area (TPSA) is 26.3 Å². The van der Waals surface area contributed by atoms with E-state index in [1.165, 1.54) is 16.7 Å². The SMILES string of the molecule is CC(C)c1cccc(-c2ccc3c(c2)CCC(=O)O3)c1. The van der Waals surface area contributed by atoms with E-state index in [2.05, 4.69) is 44.2 Å². The molecule has 0 N–H and O–H groups in total. The maximum Gasteiger partial charge on any atom is 0.311 e. The van der Waals surface area contributed by atoms with Crippen LogP contribution in [0.1, 0.15) is 37.3 Å². The van der Waals surface area contributed by atoms with E-state index in [0.29, 0.717) is 18.1 Å². The number of carbonyl (C=O) groups is 1. The molecule has 2 heteroatoms. The number of ether oxygens (including phenoxy) is 1. The fourth-order valence-corrected chi connectivity index (χ4v) is 2.54. The summed E-state index contributed by atoms with van der Waals surface area (Å²) >= 11 is 0. The molecule has 2 aromatic carbocycles. The molecular formula is C18H18O2. The molecule has 0 radical (unpaired) electrons. The van der Waals surface area contributed by atoms with Gasteiger partial charge in [0.15, 0.2) is 0 Å². The summed E-state index contributed by atoms with van der Waals surface area (Å²) < 4.78 is 5.25. The number of benzene rings is 2. The molecule has 2 aromatic rings. The summed E-state index contributed by atoms with van der Waals surface area (Å²) in [6, 6.07) is 14.7. The van der Waals surface area contributed by atoms with Crippen molar-refractivity contribution in [2.24, 2.45) is 0 Å². The fourth-order valence-electron chi connectivity index (χ4n) is 2.54. The van der Waals surface area contributed by atoms with Crippen molar-refractivity contribution in [1.29, 1.82) is 0 Å². The quantitative estimate of drug-likeness (QED) is 0.597. The Morgan fingerprint density at radius 2 is 1.80 bits per heavy atom. The molecule has 0 atom stereocenters. The molecule has 0 saturated heterocycles. The lowest BCUT2D eigenvalue weighted by Crippen LogP contribution is -2.15. The van der Waals surface area contributed by atoms with Crippen LogP contribution >= 0.6 is 0 Å². The van der Waals surface area contributed by atoms with Crippen molar-refractivity contribution < 1.29 is 9.53 Å². The van der Waals surface area contributed by atoms with Gasteiger partial charge in [-0.25, -0.2) is 0 Å². The summed E-state index contributed by atoms with van der Waals surface area (Å²) in [5.41, 5.74) is 4.86. The van der Waals surface area contributed by atoms with Crippen molar-refractivity contribution in [3.05, 3.63) is 53.6 Å². The molecule has 1 heterocycles. The van der Waals surface area contributed by atoms with Crippen molar-refractivity contribution >= 4 is 5.97 Å². The van der Waals surface area contributed by atoms with Gasteiger partial charge in [-0.2, -0.15) is 0 Å². The van der Waals surface area contributed by atoms with Gasteiger partial charge in [0.05, 0.1) is 6.42 Å². The average Bonchev–Trinajstić information content (AvgIpc) is 2.47. The van der Waals surface area contributed by atoms with Crippen LogP contribution in [-0.2, 0) is 11.2 Å². The second kappa shape index (κ2) is 5.12. The Morgan fingerprint density at radius 3 is 2.60 bits per heavy atom. The molecule has 1 aliphatic rings. The highest BCUT2D eigenvalue weighted by Gasteiger charge is 2.17. The standard InChI is InChI=1S/C18H18O2/c1-12(2)13-4-3-5-14(10-13)15-6-8-17-16(11-15)7-9-18(19)20-17/h3-6,8,10-12H,7,9H2,1-2H3. The van der Waals surface area contributed by atoms with Gasteiger partial charge in [0.25, 0.3) is 0 Å². The monoisotopic (exact) mass is 266 g/mol. The lowest BCUT2D eigenvalue weighted by Gasteiger charge is -2.16. The molecule has 3 rings (SSSR count). The smallest absolute Gasteiger partial charge is 0.311 e. The second-order valence-electron chi connectivity index (χ2n) is 5.58. The van der Waals surface area contributed by atoms with Crippen LogP contribution in [0.15, 0.2) is 42.5 Å². The van der Waals surface area contributed by atoms with Gasteiger partial charge in [0.2, 0.25) is 0 Å². The highest BCUT2D eigenvalue weighted by atomic mass is 16.5. The zero-order valence-corrected chi connectivity index (χ0v) is 11.8. The number of carbonyl (C=O) groups excluding carboxylic acids is 1. The van der Waals surface area contributed by atoms with Crippen LogP contribution < -0.4 is 4.74 Å². The van der Waals surface area contributed by atoms with Crippen LogP contribution in [-0.4, -0.2) is 5.97 Å². The molecule has 0 fully saturated rings. The molecule has 0 aliphatic carbocycles. The normalized spacial score (nSPS) is 14.1. The maximum atomic E-state index is 11.3. The molecule has 0 bridgehead atoms. The van der Waals surface area contributed by atoms with E-state index in [1.807, 2.05) is 12.1 Å². The molecule has 2 nitrogen and oxygen atoms in total. The lowest BCUT2D eigenvalue weighted by atomic mass is 9.95. The minimum absolute atomic E-state index is 0.132. The van der Waals surface area contributed by atoms with E-state index in [9.17, 15) is 4.79 Å². The largest absolute Gasteiger partial charge is 0.426 e. The first-order valence-electron chi connectivity index (χ1n) is 7.07. The van der Waals surface area contributed by atoms with Crippen LogP contribution in [0.2, 0.25) is 0 Å². The fraction of sp³-hybridized carbons (Fsp3) is 0.278. The van der Waals surface area contributed by atoms with Crippen LogP contribution in [0.25, 0.3) is 11.1 Å². The van der Waals surface area contributed by atoms with Crippen LogP contribution in [0.4, 0.5) is 0 Å². The highest BCUT2D eigenvalue weighted by molar-refractivity contribution is 5.76. The predicted octanol–water partition coefficient (Wildman–Crippen LogP) is 4.33. The van der Waals surface area contributed by atoms with E-state index in [4.69, 9.17) is 4.74 Å². The minimum atomic E-state index is -0.132. The Morgan fingerprint density at radius 1 is 1.00 bits per heavy atom. The summed E-state index contributed by atoms with van der Waals surface area (Å²) in [6.07, 6.45) is 1.24. The van der Waals surface area contributed by atoms with Crippen molar-refractivity contribution in [2.75, 3.05) is 0 Å². The molecule has 102 valence electrons. The second-order valence-corrected chi connectivity index (χ2v) is 5.58. The van der Waals surface area contributed by atoms with E-state index < -0.39 is 0 Å². The zero-order valence-electron chi connectivity index (χ0n) is 11.8. The van der Waals surface area contributed by atoms with E-state index in [-0.39, 0.29) is 5.97 Å². The molecule has 0 spiro atoms. The number of aryl methyl sites for hydroxylation is 1. The van der Waals surface area contributed by atoms with Gasteiger partial charge < -0.3 is 4.74 Å². The Balaban J connectivity index is 1.99. The number of hydrogen-bond donors (Lipinski definition) is 0. The average molecular weight is 266 g/mol. The first-order valence-corrected chi connectivity index (χ1v) is 7.07.